The predicted octanol–water partition coefficient (Wildman–Crippen LogP) is 3.33. The Balaban J connectivity index is 0.591. The van der Waals surface area contributed by atoms with Gasteiger partial charge in [-0.1, -0.05) is 32.5 Å². The number of thioether (sulfide) groups is 1. The number of rotatable bonds is 37. The Morgan fingerprint density at radius 3 is 1.95 bits per heavy atom. The first kappa shape index (κ1) is 65.3. The number of aliphatic hydroxyl groups is 1. The zero-order chi connectivity index (χ0) is 62.7. The second kappa shape index (κ2) is 32.9. The van der Waals surface area contributed by atoms with Crippen LogP contribution in [0.5, 0.6) is 0 Å². The molecule has 87 heavy (non-hydrogen) atoms. The zero-order valence-corrected chi connectivity index (χ0v) is 50.9. The second-order valence-electron chi connectivity index (χ2n) is 22.1. The van der Waals surface area contributed by atoms with Gasteiger partial charge in [0.2, 0.25) is 35.4 Å². The number of carbonyl (C=O) groups is 7. The fraction of sp³-hybridized carbons (Fsp3) is 0.623. The van der Waals surface area contributed by atoms with Crippen LogP contribution in [0.15, 0.2) is 33.3 Å². The lowest BCUT2D eigenvalue weighted by atomic mass is 9.81. The van der Waals surface area contributed by atoms with Gasteiger partial charge in [0.1, 0.15) is 18.7 Å². The molecule has 8 rings (SSSR count). The van der Waals surface area contributed by atoms with E-state index in [1.807, 2.05) is 11.5 Å². The Hall–Kier alpha value is -6.20. The van der Waals surface area contributed by atoms with Crippen LogP contribution in [-0.2, 0) is 94.9 Å². The molecule has 3 aromatic rings. The van der Waals surface area contributed by atoms with Crippen molar-refractivity contribution in [2.45, 2.75) is 115 Å². The summed E-state index contributed by atoms with van der Waals surface area (Å²) in [6.45, 7) is 13.4. The van der Waals surface area contributed by atoms with Crippen LogP contribution in [0, 0.1) is 17.8 Å². The lowest BCUT2D eigenvalue weighted by molar-refractivity contribution is -0.172. The summed E-state index contributed by atoms with van der Waals surface area (Å²) in [7, 11) is 0. The molecule has 1 saturated heterocycles. The largest absolute Gasteiger partial charge is 0.458 e. The van der Waals surface area contributed by atoms with Crippen molar-refractivity contribution in [2.24, 2.45) is 17.8 Å². The third-order valence-corrected chi connectivity index (χ3v) is 16.8. The number of pyridine rings is 2. The molecule has 6 heterocycles. The minimum Gasteiger partial charge on any atom is -0.458 e. The number of imide groups is 1. The summed E-state index contributed by atoms with van der Waals surface area (Å²) in [5.74, 6) is -3.07. The fourth-order valence-electron chi connectivity index (χ4n) is 10.9. The van der Waals surface area contributed by atoms with E-state index in [-0.39, 0.29) is 97.8 Å². The molecule has 4 atom stereocenters. The molecule has 1 aromatic carbocycles. The minimum atomic E-state index is -1.95. The van der Waals surface area contributed by atoms with Gasteiger partial charge in [0, 0.05) is 61.0 Å². The predicted molar refractivity (Wildman–Crippen MR) is 318 cm³/mol. The third kappa shape index (κ3) is 17.6. The lowest BCUT2D eigenvalue weighted by Crippen LogP contribution is -2.53. The molecule has 2 aromatic heterocycles. The van der Waals surface area contributed by atoms with Crippen molar-refractivity contribution in [1.29, 1.82) is 0 Å². The number of aromatic nitrogens is 2. The number of benzene rings is 1. The molecular weight excluding hydrogens is 1150 g/mol. The van der Waals surface area contributed by atoms with Crippen LogP contribution in [0.2, 0.25) is 0 Å². The minimum absolute atomic E-state index is 0.00490. The number of amides is 6. The first-order chi connectivity index (χ1) is 42.5. The highest BCUT2D eigenvalue weighted by molar-refractivity contribution is 8.02. The van der Waals surface area contributed by atoms with E-state index in [1.165, 1.54) is 16.7 Å². The third-order valence-electron chi connectivity index (χ3n) is 15.8. The summed E-state index contributed by atoms with van der Waals surface area (Å²) in [4.78, 5) is 110. The van der Waals surface area contributed by atoms with Gasteiger partial charge in [-0.25, -0.2) is 9.78 Å². The van der Waals surface area contributed by atoms with Gasteiger partial charge < -0.3 is 73.6 Å². The first-order valence-electron chi connectivity index (χ1n) is 30.6. The topological polar surface area (TPSA) is 309 Å². The van der Waals surface area contributed by atoms with E-state index in [0.717, 1.165) is 34.3 Å². The Kier molecular flexibility index (Phi) is 24.6. The molecule has 476 valence electrons. The number of hydrogen-bond donors (Lipinski definition) is 5. The molecule has 0 radical (unpaired) electrons. The van der Waals surface area contributed by atoms with Crippen LogP contribution in [0.1, 0.15) is 103 Å². The standard InChI is InChI=1S/C61H83N7O18S/c1-5-61(77)45-34-48-54-43(36-67(48)59(75)44(45)37-86-60(61)76)42-15-33-87-55-47(11-10-46(64-54)52(42)55)65-56(72)39(4)63-58(74)53(38(2)3)66-49(69)14-17-78-19-21-80-23-25-82-27-29-84-31-32-85-30-28-83-26-24-81-22-20-79-18-16-62-57(73)41-8-6-40(7-9-41)35-68-50(70)12-13-51(68)71/h10-11,15,33-34,38-41,53,77H,5-9,12-14,16-32,35-37H2,1-4H3,(H,62,73)(H,63,74)(H,65,72)(H,66,69)/t39-,40?,41?,53-,61-/m0/s1/i12T/t12?,39-,40?,41?,53-,61-. The summed E-state index contributed by atoms with van der Waals surface area (Å²) in [6.07, 6.45) is 3.91. The van der Waals surface area contributed by atoms with Crippen molar-refractivity contribution >= 4 is 75.8 Å². The highest BCUT2D eigenvalue weighted by atomic mass is 32.2. The molecule has 1 aliphatic carbocycles. The average molecular weight is 1240 g/mol. The normalized spacial score (nSPS) is 20.2. The highest BCUT2D eigenvalue weighted by Gasteiger charge is 2.46. The van der Waals surface area contributed by atoms with Crippen LogP contribution in [0.4, 0.5) is 5.69 Å². The van der Waals surface area contributed by atoms with Crippen molar-refractivity contribution in [3.63, 3.8) is 0 Å². The molecule has 5 N–H and O–H groups in total. The summed E-state index contributed by atoms with van der Waals surface area (Å²) >= 11 is 1.40. The van der Waals surface area contributed by atoms with Gasteiger partial charge >= 0.3 is 5.97 Å². The van der Waals surface area contributed by atoms with Gasteiger partial charge in [0.05, 0.1) is 140 Å². The average Bonchev–Trinajstić information content (AvgIpc) is 2.25. The van der Waals surface area contributed by atoms with Crippen LogP contribution in [0.3, 0.4) is 0 Å². The first-order valence-corrected chi connectivity index (χ1v) is 30.9. The van der Waals surface area contributed by atoms with Gasteiger partial charge in [0.15, 0.2) is 5.60 Å². The van der Waals surface area contributed by atoms with E-state index >= 15 is 0 Å². The maximum atomic E-state index is 13.8. The number of esters is 1. The number of hydrogen-bond acceptors (Lipinski definition) is 20. The SMILES string of the molecule is [3H]C1CC(=O)N(CC2CCC(C(=O)NCCOCCOCCOCCOCCOCCOCCOCCOCCC(=O)N[C@H](C(=O)N[C@@H](C)C(=O)Nc3ccc4nc5c(c6c4c3SC=C6)Cn3c-5cc4c(c3=O)COC(=O)[C@]4(O)CC)C(C)C)CC2)C1=O. The fourth-order valence-corrected chi connectivity index (χ4v) is 11.8. The molecule has 2 fully saturated rings. The van der Waals surface area contributed by atoms with Crippen molar-refractivity contribution in [1.82, 2.24) is 30.4 Å². The van der Waals surface area contributed by atoms with Crippen molar-refractivity contribution in [2.75, 3.05) is 124 Å². The molecule has 6 amide bonds. The van der Waals surface area contributed by atoms with Gasteiger partial charge in [-0.15, -0.1) is 0 Å². The van der Waals surface area contributed by atoms with Crippen LogP contribution < -0.4 is 26.8 Å². The summed E-state index contributed by atoms with van der Waals surface area (Å²) in [6, 6.07) is 3.29. The molecule has 25 nitrogen and oxygen atoms in total. The Morgan fingerprint density at radius 2 is 1.38 bits per heavy atom. The maximum Gasteiger partial charge on any atom is 0.343 e. The number of ether oxygens (including phenoxy) is 9. The van der Waals surface area contributed by atoms with E-state index < -0.39 is 47.8 Å². The number of anilines is 1. The molecular formula is C61H83N7O18S. The smallest absolute Gasteiger partial charge is 0.343 e. The molecule has 26 heteroatoms. The molecule has 1 saturated carbocycles. The monoisotopic (exact) mass is 1240 g/mol. The highest BCUT2D eigenvalue weighted by Crippen LogP contribution is 2.47. The maximum absolute atomic E-state index is 13.8. The lowest BCUT2D eigenvalue weighted by Gasteiger charge is -2.31. The number of cyclic esters (lactones) is 1. The van der Waals surface area contributed by atoms with Gasteiger partial charge in [0.25, 0.3) is 5.56 Å². The van der Waals surface area contributed by atoms with E-state index in [0.29, 0.717) is 141 Å². The Morgan fingerprint density at radius 1 is 0.782 bits per heavy atom. The van der Waals surface area contributed by atoms with Crippen LogP contribution >= 0.6 is 11.8 Å². The number of likely N-dealkylation sites (tertiary alicyclic amines) is 1. The van der Waals surface area contributed by atoms with Crippen LogP contribution in [-0.4, -0.2) is 192 Å². The van der Waals surface area contributed by atoms with Gasteiger partial charge in [-0.2, -0.15) is 0 Å². The Labute approximate surface area is 511 Å². The number of nitrogens with one attached hydrogen (secondary N) is 4. The van der Waals surface area contributed by atoms with Gasteiger partial charge in [-0.05, 0) is 86.1 Å². The van der Waals surface area contributed by atoms with Crippen LogP contribution in [0.25, 0.3) is 28.4 Å². The number of carbonyl (C=O) groups excluding carboxylic acids is 7. The summed E-state index contributed by atoms with van der Waals surface area (Å²) in [5.41, 5.74) is 1.95. The Bertz CT molecular complexity index is 3070. The van der Waals surface area contributed by atoms with E-state index in [4.69, 9.17) is 49.0 Å². The van der Waals surface area contributed by atoms with Gasteiger partial charge in [-0.3, -0.25) is 38.5 Å². The molecule has 1 unspecified atom stereocenters. The summed E-state index contributed by atoms with van der Waals surface area (Å²) in [5, 5.41) is 25.4. The molecule has 5 aliphatic rings. The van der Waals surface area contributed by atoms with Crippen molar-refractivity contribution in [3.05, 3.63) is 56.2 Å². The summed E-state index contributed by atoms with van der Waals surface area (Å²) < 4.78 is 58.8. The second-order valence-corrected chi connectivity index (χ2v) is 23.0. The number of fused-ring (bicyclic) bond motifs is 5. The quantitative estimate of drug-likeness (QED) is 0.0246. The molecule has 4 aliphatic heterocycles. The molecule has 0 spiro atoms. The zero-order valence-electron chi connectivity index (χ0n) is 51.1. The van der Waals surface area contributed by atoms with E-state index in [1.54, 1.807) is 50.5 Å². The van der Waals surface area contributed by atoms with Crippen molar-refractivity contribution < 1.29 is 82.7 Å². The molecule has 0 bridgehead atoms. The van der Waals surface area contributed by atoms with E-state index in [2.05, 4.69) is 21.3 Å². The van der Waals surface area contributed by atoms with Crippen molar-refractivity contribution in [3.8, 4) is 11.4 Å². The van der Waals surface area contributed by atoms with E-state index in [9.17, 15) is 43.5 Å². The number of nitrogens with zero attached hydrogens (tertiary/aromatic N) is 3.